The number of thiazole rings is 1. The van der Waals surface area contributed by atoms with Crippen molar-refractivity contribution >= 4 is 17.1 Å². The molecule has 1 aliphatic heterocycles. The van der Waals surface area contributed by atoms with Gasteiger partial charge in [-0.15, -0.1) is 11.3 Å². The molecule has 0 radical (unpaired) electrons. The summed E-state index contributed by atoms with van der Waals surface area (Å²) in [5.74, 6) is 0.191. The van der Waals surface area contributed by atoms with E-state index in [9.17, 15) is 4.79 Å². The third kappa shape index (κ3) is 3.61. The standard InChI is InChI=1S/C13H20N2OS/c1-10(16)7-11-9-17-13(14-11)8-12-5-3-4-6-15(12)2/h9,12H,3-8H2,1-2H3. The van der Waals surface area contributed by atoms with Crippen molar-refractivity contribution in [3.63, 3.8) is 0 Å². The summed E-state index contributed by atoms with van der Waals surface area (Å²) in [7, 11) is 2.20. The van der Waals surface area contributed by atoms with Crippen molar-refractivity contribution in [1.82, 2.24) is 9.88 Å². The van der Waals surface area contributed by atoms with Crippen LogP contribution in [0.4, 0.5) is 0 Å². The number of piperidine rings is 1. The van der Waals surface area contributed by atoms with Gasteiger partial charge < -0.3 is 4.90 Å². The van der Waals surface area contributed by atoms with E-state index in [0.29, 0.717) is 12.5 Å². The zero-order chi connectivity index (χ0) is 12.3. The minimum Gasteiger partial charge on any atom is -0.303 e. The predicted molar refractivity (Wildman–Crippen MR) is 70.5 cm³/mol. The summed E-state index contributed by atoms with van der Waals surface area (Å²) in [4.78, 5) is 18.0. The number of likely N-dealkylation sites (N-methyl/N-ethyl adjacent to an activating group) is 1. The molecule has 94 valence electrons. The predicted octanol–water partition coefficient (Wildman–Crippen LogP) is 2.30. The number of rotatable bonds is 4. The number of carbonyl (C=O) groups is 1. The van der Waals surface area contributed by atoms with Crippen LogP contribution in [0.2, 0.25) is 0 Å². The van der Waals surface area contributed by atoms with Crippen LogP contribution in [0.15, 0.2) is 5.38 Å². The normalized spacial score (nSPS) is 21.6. The molecule has 0 aromatic carbocycles. The maximum atomic E-state index is 11.0. The second-order valence-electron chi connectivity index (χ2n) is 4.95. The number of aromatic nitrogens is 1. The van der Waals surface area contributed by atoms with Crippen LogP contribution < -0.4 is 0 Å². The van der Waals surface area contributed by atoms with Gasteiger partial charge in [0.25, 0.3) is 0 Å². The Morgan fingerprint density at radius 1 is 1.59 bits per heavy atom. The molecule has 0 aliphatic carbocycles. The van der Waals surface area contributed by atoms with Crippen LogP contribution in [0.25, 0.3) is 0 Å². The molecule has 1 aliphatic rings. The van der Waals surface area contributed by atoms with Crippen molar-refractivity contribution in [2.24, 2.45) is 0 Å². The Labute approximate surface area is 107 Å². The molecule has 0 N–H and O–H groups in total. The van der Waals surface area contributed by atoms with Gasteiger partial charge in [-0.05, 0) is 33.4 Å². The van der Waals surface area contributed by atoms with Gasteiger partial charge in [-0.25, -0.2) is 4.98 Å². The summed E-state index contributed by atoms with van der Waals surface area (Å²) >= 11 is 1.70. The Morgan fingerprint density at radius 2 is 2.41 bits per heavy atom. The maximum absolute atomic E-state index is 11.0. The van der Waals surface area contributed by atoms with E-state index in [1.54, 1.807) is 18.3 Å². The third-order valence-electron chi connectivity index (χ3n) is 3.36. The molecule has 2 rings (SSSR count). The van der Waals surface area contributed by atoms with E-state index >= 15 is 0 Å². The molecule has 1 saturated heterocycles. The number of carbonyl (C=O) groups excluding carboxylic acids is 1. The van der Waals surface area contributed by atoms with Crippen molar-refractivity contribution < 1.29 is 4.79 Å². The molecule has 3 nitrogen and oxygen atoms in total. The average Bonchev–Trinajstić information content (AvgIpc) is 2.68. The quantitative estimate of drug-likeness (QED) is 0.824. The SMILES string of the molecule is CC(=O)Cc1csc(CC2CCCCN2C)n1. The van der Waals surface area contributed by atoms with Crippen LogP contribution in [0, 0.1) is 0 Å². The fraction of sp³-hybridized carbons (Fsp3) is 0.692. The van der Waals surface area contributed by atoms with Crippen molar-refractivity contribution in [1.29, 1.82) is 0 Å². The van der Waals surface area contributed by atoms with Crippen LogP contribution >= 0.6 is 11.3 Å². The summed E-state index contributed by atoms with van der Waals surface area (Å²) < 4.78 is 0. The van der Waals surface area contributed by atoms with Crippen molar-refractivity contribution in [2.75, 3.05) is 13.6 Å². The van der Waals surface area contributed by atoms with E-state index in [4.69, 9.17) is 0 Å². The van der Waals surface area contributed by atoms with E-state index in [1.807, 2.05) is 5.38 Å². The largest absolute Gasteiger partial charge is 0.303 e. The lowest BCUT2D eigenvalue weighted by atomic mass is 10.0. The van der Waals surface area contributed by atoms with Gasteiger partial charge in [0.15, 0.2) is 0 Å². The average molecular weight is 252 g/mol. The maximum Gasteiger partial charge on any atom is 0.135 e. The number of ketones is 1. The zero-order valence-electron chi connectivity index (χ0n) is 10.6. The topological polar surface area (TPSA) is 33.2 Å². The molecule has 4 heteroatoms. The van der Waals surface area contributed by atoms with Gasteiger partial charge in [-0.3, -0.25) is 4.79 Å². The van der Waals surface area contributed by atoms with Crippen LogP contribution in [0.1, 0.15) is 36.9 Å². The summed E-state index contributed by atoms with van der Waals surface area (Å²) in [6.45, 7) is 2.82. The van der Waals surface area contributed by atoms with Crippen LogP contribution in [-0.2, 0) is 17.6 Å². The fourth-order valence-corrected chi connectivity index (χ4v) is 3.25. The second kappa shape index (κ2) is 5.74. The highest BCUT2D eigenvalue weighted by atomic mass is 32.1. The minimum absolute atomic E-state index is 0.191. The van der Waals surface area contributed by atoms with Gasteiger partial charge in [0.1, 0.15) is 5.78 Å². The van der Waals surface area contributed by atoms with Gasteiger partial charge in [0.05, 0.1) is 10.7 Å². The first-order valence-electron chi connectivity index (χ1n) is 6.28. The first-order chi connectivity index (χ1) is 8.15. The lowest BCUT2D eigenvalue weighted by Gasteiger charge is -2.31. The van der Waals surface area contributed by atoms with Gasteiger partial charge in [-0.1, -0.05) is 6.42 Å². The molecule has 1 atom stereocenters. The van der Waals surface area contributed by atoms with E-state index in [2.05, 4.69) is 16.9 Å². The van der Waals surface area contributed by atoms with E-state index in [1.165, 1.54) is 30.8 Å². The molecule has 0 spiro atoms. The highest BCUT2D eigenvalue weighted by molar-refractivity contribution is 7.09. The van der Waals surface area contributed by atoms with Crippen LogP contribution in [-0.4, -0.2) is 35.3 Å². The highest BCUT2D eigenvalue weighted by Gasteiger charge is 2.20. The van der Waals surface area contributed by atoms with Crippen LogP contribution in [0.5, 0.6) is 0 Å². The molecule has 0 bridgehead atoms. The molecule has 17 heavy (non-hydrogen) atoms. The van der Waals surface area contributed by atoms with E-state index < -0.39 is 0 Å². The summed E-state index contributed by atoms with van der Waals surface area (Å²) in [5.41, 5.74) is 0.941. The summed E-state index contributed by atoms with van der Waals surface area (Å²) in [6.07, 6.45) is 5.45. The molecular weight excluding hydrogens is 232 g/mol. The first kappa shape index (κ1) is 12.7. The molecule has 1 fully saturated rings. The van der Waals surface area contributed by atoms with Crippen molar-refractivity contribution in [3.05, 3.63) is 16.1 Å². The van der Waals surface area contributed by atoms with Gasteiger partial charge in [0.2, 0.25) is 0 Å². The second-order valence-corrected chi connectivity index (χ2v) is 5.89. The van der Waals surface area contributed by atoms with Crippen LogP contribution in [0.3, 0.4) is 0 Å². The molecule has 1 unspecified atom stereocenters. The summed E-state index contributed by atoms with van der Waals surface area (Å²) in [5, 5.41) is 3.21. The molecule has 2 heterocycles. The third-order valence-corrected chi connectivity index (χ3v) is 4.28. The Morgan fingerprint density at radius 3 is 3.12 bits per heavy atom. The Hall–Kier alpha value is -0.740. The molecule has 1 aromatic rings. The number of hydrogen-bond acceptors (Lipinski definition) is 4. The lowest BCUT2D eigenvalue weighted by molar-refractivity contribution is -0.116. The van der Waals surface area contributed by atoms with Gasteiger partial charge >= 0.3 is 0 Å². The minimum atomic E-state index is 0.191. The van der Waals surface area contributed by atoms with E-state index in [-0.39, 0.29) is 5.78 Å². The number of Topliss-reactive ketones (excluding diaryl/α,β-unsaturated/α-hetero) is 1. The Balaban J connectivity index is 1.93. The Bertz CT molecular complexity index is 389. The Kier molecular flexibility index (Phi) is 4.29. The van der Waals surface area contributed by atoms with Crippen molar-refractivity contribution in [2.45, 2.75) is 45.1 Å². The molecule has 1 aromatic heterocycles. The zero-order valence-corrected chi connectivity index (χ0v) is 11.4. The molecule has 0 saturated carbocycles. The number of likely N-dealkylation sites (tertiary alicyclic amines) is 1. The first-order valence-corrected chi connectivity index (χ1v) is 7.16. The van der Waals surface area contributed by atoms with E-state index in [0.717, 1.165) is 12.1 Å². The summed E-state index contributed by atoms with van der Waals surface area (Å²) in [6, 6.07) is 0.639. The smallest absolute Gasteiger partial charge is 0.135 e. The van der Waals surface area contributed by atoms with Gasteiger partial charge in [0, 0.05) is 24.3 Å². The van der Waals surface area contributed by atoms with Crippen molar-refractivity contribution in [3.8, 4) is 0 Å². The highest BCUT2D eigenvalue weighted by Crippen LogP contribution is 2.21. The number of hydrogen-bond donors (Lipinski definition) is 0. The molecule has 0 amide bonds. The fourth-order valence-electron chi connectivity index (χ4n) is 2.38. The van der Waals surface area contributed by atoms with Gasteiger partial charge in [-0.2, -0.15) is 0 Å². The molecular formula is C13H20N2OS. The lowest BCUT2D eigenvalue weighted by Crippen LogP contribution is -2.37. The monoisotopic (exact) mass is 252 g/mol. The number of nitrogens with zero attached hydrogens (tertiary/aromatic N) is 2.